The molecule has 1 aromatic carbocycles. The van der Waals surface area contributed by atoms with Crippen molar-refractivity contribution in [3.63, 3.8) is 0 Å². The highest BCUT2D eigenvalue weighted by molar-refractivity contribution is 5.21. The lowest BCUT2D eigenvalue weighted by molar-refractivity contribution is -0.285. The van der Waals surface area contributed by atoms with E-state index in [9.17, 15) is 0 Å². The molecule has 0 unspecified atom stereocenters. The van der Waals surface area contributed by atoms with E-state index in [4.69, 9.17) is 9.47 Å². The summed E-state index contributed by atoms with van der Waals surface area (Å²) < 4.78 is 12.0. The second kappa shape index (κ2) is 5.19. The summed E-state index contributed by atoms with van der Waals surface area (Å²) in [5.41, 5.74) is 1.13. The Bertz CT molecular complexity index is 347. The molecule has 0 N–H and O–H groups in total. The zero-order chi connectivity index (χ0) is 12.3. The molecule has 0 radical (unpaired) electrons. The zero-order valence-corrected chi connectivity index (χ0v) is 11.0. The minimum atomic E-state index is -0.533. The van der Waals surface area contributed by atoms with Crippen LogP contribution < -0.4 is 0 Å². The monoisotopic (exact) mass is 234 g/mol. The minimum absolute atomic E-state index is 0.295. The van der Waals surface area contributed by atoms with E-state index < -0.39 is 5.79 Å². The van der Waals surface area contributed by atoms with Crippen molar-refractivity contribution < 1.29 is 9.47 Å². The van der Waals surface area contributed by atoms with Gasteiger partial charge in [0, 0.05) is 19.1 Å². The summed E-state index contributed by atoms with van der Waals surface area (Å²) in [5, 5.41) is 0. The van der Waals surface area contributed by atoms with Gasteiger partial charge < -0.3 is 9.47 Å². The third-order valence-corrected chi connectivity index (χ3v) is 3.62. The van der Waals surface area contributed by atoms with Crippen LogP contribution in [0.1, 0.15) is 38.7 Å². The molecule has 0 aromatic heterocycles. The predicted molar refractivity (Wildman–Crippen MR) is 68.7 cm³/mol. The lowest BCUT2D eigenvalue weighted by Crippen LogP contribution is -2.41. The van der Waals surface area contributed by atoms with Crippen LogP contribution in [0.3, 0.4) is 0 Å². The summed E-state index contributed by atoms with van der Waals surface area (Å²) in [4.78, 5) is 0. The number of hydrogen-bond donors (Lipinski definition) is 0. The molecule has 0 spiro atoms. The molecule has 2 nitrogen and oxygen atoms in total. The highest BCUT2D eigenvalue weighted by atomic mass is 16.7. The van der Waals surface area contributed by atoms with Crippen LogP contribution >= 0.6 is 0 Å². The molecular weight excluding hydrogens is 212 g/mol. The van der Waals surface area contributed by atoms with Crippen molar-refractivity contribution in [2.75, 3.05) is 7.11 Å². The number of hydrogen-bond acceptors (Lipinski definition) is 2. The quantitative estimate of drug-likeness (QED) is 0.793. The summed E-state index contributed by atoms with van der Waals surface area (Å²) in [5.74, 6) is 0.00240. The van der Waals surface area contributed by atoms with E-state index in [1.807, 2.05) is 18.2 Å². The molecule has 1 aliphatic heterocycles. The van der Waals surface area contributed by atoms with E-state index in [0.717, 1.165) is 24.8 Å². The molecular formula is C15H22O2. The topological polar surface area (TPSA) is 18.5 Å². The van der Waals surface area contributed by atoms with Crippen molar-refractivity contribution in [3.05, 3.63) is 35.9 Å². The fourth-order valence-electron chi connectivity index (χ4n) is 2.54. The molecule has 1 aliphatic rings. The Labute approximate surface area is 104 Å². The molecule has 2 heteroatoms. The van der Waals surface area contributed by atoms with Gasteiger partial charge in [0.15, 0.2) is 5.79 Å². The van der Waals surface area contributed by atoms with Crippen molar-refractivity contribution in [2.45, 2.75) is 45.0 Å². The van der Waals surface area contributed by atoms with Crippen LogP contribution in [0.25, 0.3) is 0 Å². The molecule has 0 bridgehead atoms. The molecule has 1 heterocycles. The molecule has 0 saturated carbocycles. The van der Waals surface area contributed by atoms with Gasteiger partial charge in [-0.2, -0.15) is 0 Å². The molecule has 2 rings (SSSR count). The molecule has 1 saturated heterocycles. The number of methoxy groups -OCH3 is 1. The maximum Gasteiger partial charge on any atom is 0.194 e. The van der Waals surface area contributed by atoms with Crippen LogP contribution in [0.2, 0.25) is 0 Å². The SMILES string of the molecule is CO[C@]1(c2ccccc2)CCC[C@@H](C(C)C)O1. The highest BCUT2D eigenvalue weighted by Crippen LogP contribution is 2.39. The maximum absolute atomic E-state index is 6.25. The molecule has 0 aliphatic carbocycles. The van der Waals surface area contributed by atoms with Gasteiger partial charge in [-0.15, -0.1) is 0 Å². The van der Waals surface area contributed by atoms with Gasteiger partial charge in [-0.1, -0.05) is 44.2 Å². The predicted octanol–water partition coefficient (Wildman–Crippen LogP) is 3.71. The van der Waals surface area contributed by atoms with Gasteiger partial charge in [-0.25, -0.2) is 0 Å². The van der Waals surface area contributed by atoms with Crippen molar-refractivity contribution >= 4 is 0 Å². The average Bonchev–Trinajstić information content (AvgIpc) is 2.39. The van der Waals surface area contributed by atoms with Crippen LogP contribution in [0.15, 0.2) is 30.3 Å². The van der Waals surface area contributed by atoms with Gasteiger partial charge >= 0.3 is 0 Å². The Hall–Kier alpha value is -0.860. The summed E-state index contributed by atoms with van der Waals surface area (Å²) >= 11 is 0. The van der Waals surface area contributed by atoms with Crippen LogP contribution in [-0.2, 0) is 15.3 Å². The van der Waals surface area contributed by atoms with Gasteiger partial charge in [-0.05, 0) is 18.8 Å². The maximum atomic E-state index is 6.25. The van der Waals surface area contributed by atoms with E-state index in [0.29, 0.717) is 12.0 Å². The number of rotatable bonds is 3. The Kier molecular flexibility index (Phi) is 3.85. The van der Waals surface area contributed by atoms with Crippen molar-refractivity contribution in [1.82, 2.24) is 0 Å². The Morgan fingerprint density at radius 1 is 1.29 bits per heavy atom. The van der Waals surface area contributed by atoms with Gasteiger partial charge in [0.1, 0.15) is 0 Å². The van der Waals surface area contributed by atoms with E-state index in [1.54, 1.807) is 7.11 Å². The van der Waals surface area contributed by atoms with Gasteiger partial charge in [0.05, 0.1) is 6.10 Å². The van der Waals surface area contributed by atoms with Gasteiger partial charge in [0.25, 0.3) is 0 Å². The first-order valence-electron chi connectivity index (χ1n) is 6.46. The summed E-state index contributed by atoms with van der Waals surface area (Å²) in [7, 11) is 1.75. The van der Waals surface area contributed by atoms with Crippen LogP contribution in [0.5, 0.6) is 0 Å². The summed E-state index contributed by atoms with van der Waals surface area (Å²) in [6.45, 7) is 4.42. The first-order chi connectivity index (χ1) is 8.18. The molecule has 1 fully saturated rings. The third-order valence-electron chi connectivity index (χ3n) is 3.62. The summed E-state index contributed by atoms with van der Waals surface area (Å²) in [6, 6.07) is 10.3. The van der Waals surface area contributed by atoms with E-state index in [1.165, 1.54) is 0 Å². The Morgan fingerprint density at radius 3 is 2.59 bits per heavy atom. The second-order valence-corrected chi connectivity index (χ2v) is 5.12. The van der Waals surface area contributed by atoms with Crippen LogP contribution in [0.4, 0.5) is 0 Å². The normalized spacial score (nSPS) is 29.5. The standard InChI is InChI=1S/C15H22O2/c1-12(2)14-10-7-11-15(16-3,17-14)13-8-5-4-6-9-13/h4-6,8-9,12,14H,7,10-11H2,1-3H3/t14-,15+/m0/s1. The fourth-order valence-corrected chi connectivity index (χ4v) is 2.54. The van der Waals surface area contributed by atoms with E-state index in [-0.39, 0.29) is 0 Å². The van der Waals surface area contributed by atoms with Crippen molar-refractivity contribution in [2.24, 2.45) is 5.92 Å². The van der Waals surface area contributed by atoms with Crippen molar-refractivity contribution in [3.8, 4) is 0 Å². The largest absolute Gasteiger partial charge is 0.349 e. The Morgan fingerprint density at radius 2 is 2.00 bits per heavy atom. The van der Waals surface area contributed by atoms with E-state index in [2.05, 4.69) is 26.0 Å². The molecule has 94 valence electrons. The first kappa shape index (κ1) is 12.6. The zero-order valence-electron chi connectivity index (χ0n) is 11.0. The van der Waals surface area contributed by atoms with Crippen molar-refractivity contribution in [1.29, 1.82) is 0 Å². The van der Waals surface area contributed by atoms with Crippen LogP contribution in [-0.4, -0.2) is 13.2 Å². The molecule has 1 aromatic rings. The smallest absolute Gasteiger partial charge is 0.194 e. The second-order valence-electron chi connectivity index (χ2n) is 5.12. The van der Waals surface area contributed by atoms with Gasteiger partial charge in [-0.3, -0.25) is 0 Å². The fraction of sp³-hybridized carbons (Fsp3) is 0.600. The highest BCUT2D eigenvalue weighted by Gasteiger charge is 2.39. The summed E-state index contributed by atoms with van der Waals surface area (Å²) in [6.07, 6.45) is 3.53. The third kappa shape index (κ3) is 2.53. The van der Waals surface area contributed by atoms with Gasteiger partial charge in [0.2, 0.25) is 0 Å². The van der Waals surface area contributed by atoms with E-state index >= 15 is 0 Å². The lowest BCUT2D eigenvalue weighted by atomic mass is 9.91. The minimum Gasteiger partial charge on any atom is -0.349 e. The average molecular weight is 234 g/mol. The lowest BCUT2D eigenvalue weighted by Gasteiger charge is -2.41. The van der Waals surface area contributed by atoms with Crippen LogP contribution in [0, 0.1) is 5.92 Å². The number of benzene rings is 1. The molecule has 17 heavy (non-hydrogen) atoms. The molecule has 2 atom stereocenters. The molecule has 0 amide bonds. The Balaban J connectivity index is 2.25. The number of ether oxygens (including phenoxy) is 2. The first-order valence-corrected chi connectivity index (χ1v) is 6.46.